The molecule has 2 aromatic carbocycles. The summed E-state index contributed by atoms with van der Waals surface area (Å²) in [5.41, 5.74) is 2.32. The van der Waals surface area contributed by atoms with Gasteiger partial charge >= 0.3 is 0 Å². The first-order chi connectivity index (χ1) is 15.4. The summed E-state index contributed by atoms with van der Waals surface area (Å²) in [6.07, 6.45) is 1.61. The Labute approximate surface area is 185 Å². The van der Waals surface area contributed by atoms with E-state index in [1.54, 1.807) is 48.7 Å². The fraction of sp³-hybridized carbons (Fsp3) is 0.160. The number of aliphatic hydroxyl groups excluding tert-OH is 1. The molecule has 2 N–H and O–H groups in total. The number of benzene rings is 2. The second kappa shape index (κ2) is 8.55. The van der Waals surface area contributed by atoms with Crippen molar-refractivity contribution in [1.82, 2.24) is 9.88 Å². The Kier molecular flexibility index (Phi) is 5.64. The summed E-state index contributed by atoms with van der Waals surface area (Å²) in [7, 11) is 1.47. The summed E-state index contributed by atoms with van der Waals surface area (Å²) in [6.45, 7) is 1.94. The van der Waals surface area contributed by atoms with Crippen molar-refractivity contribution < 1.29 is 24.5 Å². The third kappa shape index (κ3) is 3.80. The maximum absolute atomic E-state index is 13.1. The Morgan fingerprint density at radius 3 is 2.50 bits per heavy atom. The van der Waals surface area contributed by atoms with Crippen molar-refractivity contribution in [3.05, 3.63) is 94.8 Å². The van der Waals surface area contributed by atoms with E-state index >= 15 is 0 Å². The highest BCUT2D eigenvalue weighted by Crippen LogP contribution is 2.42. The molecule has 1 amide bonds. The summed E-state index contributed by atoms with van der Waals surface area (Å²) >= 11 is 0. The number of phenols is 1. The van der Waals surface area contributed by atoms with Crippen molar-refractivity contribution in [3.8, 4) is 11.5 Å². The zero-order valence-electron chi connectivity index (χ0n) is 17.6. The average molecular weight is 430 g/mol. The van der Waals surface area contributed by atoms with Gasteiger partial charge in [0.25, 0.3) is 11.7 Å². The Morgan fingerprint density at radius 2 is 1.84 bits per heavy atom. The molecule has 1 saturated heterocycles. The Morgan fingerprint density at radius 1 is 1.09 bits per heavy atom. The highest BCUT2D eigenvalue weighted by Gasteiger charge is 2.46. The normalized spacial score (nSPS) is 17.6. The summed E-state index contributed by atoms with van der Waals surface area (Å²) in [5.74, 6) is -1.41. The van der Waals surface area contributed by atoms with E-state index in [-0.39, 0.29) is 23.6 Å². The topological polar surface area (TPSA) is 100.0 Å². The molecule has 7 nitrogen and oxygen atoms in total. The average Bonchev–Trinajstić information content (AvgIpc) is 3.04. The van der Waals surface area contributed by atoms with E-state index in [2.05, 4.69) is 4.98 Å². The molecule has 2 heterocycles. The molecule has 7 heteroatoms. The molecule has 0 saturated carbocycles. The van der Waals surface area contributed by atoms with E-state index in [9.17, 15) is 19.8 Å². The maximum Gasteiger partial charge on any atom is 0.296 e. The van der Waals surface area contributed by atoms with Gasteiger partial charge < -0.3 is 19.8 Å². The molecule has 0 spiro atoms. The molecule has 1 aromatic heterocycles. The molecule has 3 aromatic rings. The fourth-order valence-electron chi connectivity index (χ4n) is 3.86. The number of aliphatic hydroxyl groups is 1. The van der Waals surface area contributed by atoms with Gasteiger partial charge in [-0.25, -0.2) is 0 Å². The number of ether oxygens (including phenoxy) is 1. The SMILES string of the molecule is COc1ccc(C)cc1/C(O)=C1\C(=O)C(=O)N(Cc2ccccn2)C1c1ccc(O)cc1. The molecule has 1 unspecified atom stereocenters. The van der Waals surface area contributed by atoms with Gasteiger partial charge in [0.1, 0.15) is 17.3 Å². The van der Waals surface area contributed by atoms with E-state index < -0.39 is 17.7 Å². The maximum atomic E-state index is 13.1. The number of aryl methyl sites for hydroxylation is 1. The zero-order chi connectivity index (χ0) is 22.8. The number of rotatable bonds is 5. The van der Waals surface area contributed by atoms with Crippen molar-refractivity contribution in [2.45, 2.75) is 19.5 Å². The number of ketones is 1. The minimum Gasteiger partial charge on any atom is -0.508 e. The number of aromatic nitrogens is 1. The van der Waals surface area contributed by atoms with E-state index in [0.717, 1.165) is 5.56 Å². The monoisotopic (exact) mass is 430 g/mol. The predicted molar refractivity (Wildman–Crippen MR) is 118 cm³/mol. The van der Waals surface area contributed by atoms with Crippen LogP contribution in [-0.2, 0) is 16.1 Å². The van der Waals surface area contributed by atoms with Gasteiger partial charge in [0, 0.05) is 6.20 Å². The molecule has 0 radical (unpaired) electrons. The van der Waals surface area contributed by atoms with Gasteiger partial charge in [-0.05, 0) is 48.9 Å². The molecule has 1 atom stereocenters. The number of amides is 1. The second-order valence-electron chi connectivity index (χ2n) is 7.54. The quantitative estimate of drug-likeness (QED) is 0.364. The number of carbonyl (C=O) groups is 2. The van der Waals surface area contributed by atoms with Gasteiger partial charge in [-0.15, -0.1) is 0 Å². The Hall–Kier alpha value is -4.13. The van der Waals surface area contributed by atoms with Crippen LogP contribution in [0.15, 0.2) is 72.4 Å². The smallest absolute Gasteiger partial charge is 0.296 e. The summed E-state index contributed by atoms with van der Waals surface area (Å²) in [6, 6.07) is 15.9. The number of pyridine rings is 1. The van der Waals surface area contributed by atoms with E-state index in [1.165, 1.54) is 24.1 Å². The summed E-state index contributed by atoms with van der Waals surface area (Å²) in [5, 5.41) is 21.0. The van der Waals surface area contributed by atoms with E-state index in [1.807, 2.05) is 13.0 Å². The number of methoxy groups -OCH3 is 1. The predicted octanol–water partition coefficient (Wildman–Crippen LogP) is 3.73. The third-order valence-corrected chi connectivity index (χ3v) is 5.42. The first-order valence-corrected chi connectivity index (χ1v) is 10.0. The number of hydrogen-bond donors (Lipinski definition) is 2. The number of carbonyl (C=O) groups excluding carboxylic acids is 2. The van der Waals surface area contributed by atoms with Crippen LogP contribution in [0.2, 0.25) is 0 Å². The fourth-order valence-corrected chi connectivity index (χ4v) is 3.86. The molecular weight excluding hydrogens is 408 g/mol. The van der Waals surface area contributed by atoms with Crippen LogP contribution in [0.4, 0.5) is 0 Å². The van der Waals surface area contributed by atoms with Crippen molar-refractivity contribution in [2.75, 3.05) is 7.11 Å². The second-order valence-corrected chi connectivity index (χ2v) is 7.54. The van der Waals surface area contributed by atoms with Crippen molar-refractivity contribution >= 4 is 17.4 Å². The van der Waals surface area contributed by atoms with Crippen LogP contribution in [-0.4, -0.2) is 38.9 Å². The molecule has 4 rings (SSSR count). The van der Waals surface area contributed by atoms with Gasteiger partial charge in [-0.1, -0.05) is 29.8 Å². The van der Waals surface area contributed by atoms with Crippen molar-refractivity contribution in [3.63, 3.8) is 0 Å². The summed E-state index contributed by atoms with van der Waals surface area (Å²) in [4.78, 5) is 31.8. The first kappa shape index (κ1) is 21.1. The largest absolute Gasteiger partial charge is 0.508 e. The molecule has 1 aliphatic rings. The van der Waals surface area contributed by atoms with Gasteiger partial charge in [-0.2, -0.15) is 0 Å². The van der Waals surface area contributed by atoms with E-state index in [0.29, 0.717) is 22.6 Å². The lowest BCUT2D eigenvalue weighted by atomic mass is 9.94. The minimum atomic E-state index is -0.858. The molecule has 1 aliphatic heterocycles. The first-order valence-electron chi connectivity index (χ1n) is 10.0. The molecular formula is C25H22N2O5. The molecule has 0 aliphatic carbocycles. The molecule has 1 fully saturated rings. The number of nitrogens with zero attached hydrogens (tertiary/aromatic N) is 2. The van der Waals surface area contributed by atoms with Crippen LogP contribution < -0.4 is 4.74 Å². The standard InChI is InChI=1S/C25H22N2O5/c1-15-6-11-20(32-2)19(13-15)23(29)21-22(16-7-9-18(28)10-8-16)27(25(31)24(21)30)14-17-5-3-4-12-26-17/h3-13,22,28-29H,14H2,1-2H3/b23-21+. The molecule has 32 heavy (non-hydrogen) atoms. The van der Waals surface area contributed by atoms with Crippen LogP contribution in [0.1, 0.15) is 28.4 Å². The molecule has 0 bridgehead atoms. The number of Topliss-reactive ketones (excluding diaryl/α,β-unsaturated/α-hetero) is 1. The lowest BCUT2D eigenvalue weighted by Gasteiger charge is -2.25. The molecule has 162 valence electrons. The van der Waals surface area contributed by atoms with Crippen LogP contribution in [0, 0.1) is 6.92 Å². The number of hydrogen-bond acceptors (Lipinski definition) is 6. The number of likely N-dealkylation sites (tertiary alicyclic amines) is 1. The van der Waals surface area contributed by atoms with Crippen LogP contribution in [0.25, 0.3) is 5.76 Å². The van der Waals surface area contributed by atoms with Crippen LogP contribution >= 0.6 is 0 Å². The highest BCUT2D eigenvalue weighted by atomic mass is 16.5. The van der Waals surface area contributed by atoms with Gasteiger partial charge in [0.15, 0.2) is 0 Å². The Balaban J connectivity index is 1.91. The number of phenolic OH excluding ortho intramolecular Hbond substituents is 1. The van der Waals surface area contributed by atoms with Crippen molar-refractivity contribution in [1.29, 1.82) is 0 Å². The van der Waals surface area contributed by atoms with Gasteiger partial charge in [0.2, 0.25) is 0 Å². The number of aromatic hydroxyl groups is 1. The van der Waals surface area contributed by atoms with Gasteiger partial charge in [-0.3, -0.25) is 14.6 Å². The lowest BCUT2D eigenvalue weighted by molar-refractivity contribution is -0.140. The minimum absolute atomic E-state index is 0.0412. The lowest BCUT2D eigenvalue weighted by Crippen LogP contribution is -2.29. The zero-order valence-corrected chi connectivity index (χ0v) is 17.6. The van der Waals surface area contributed by atoms with Crippen molar-refractivity contribution in [2.24, 2.45) is 0 Å². The Bertz CT molecular complexity index is 1200. The van der Waals surface area contributed by atoms with Crippen LogP contribution in [0.5, 0.6) is 11.5 Å². The highest BCUT2D eigenvalue weighted by molar-refractivity contribution is 6.46. The summed E-state index contributed by atoms with van der Waals surface area (Å²) < 4.78 is 5.38. The third-order valence-electron chi connectivity index (χ3n) is 5.42. The van der Waals surface area contributed by atoms with Crippen LogP contribution in [0.3, 0.4) is 0 Å². The van der Waals surface area contributed by atoms with Gasteiger partial charge in [0.05, 0.1) is 36.5 Å². The van der Waals surface area contributed by atoms with E-state index in [4.69, 9.17) is 4.74 Å².